The Morgan fingerprint density at radius 2 is 1.90 bits per heavy atom. The molecule has 0 saturated heterocycles. The third-order valence-electron chi connectivity index (χ3n) is 2.71. The maximum atomic E-state index is 13.5. The van der Waals surface area contributed by atoms with Gasteiger partial charge < -0.3 is 14.4 Å². The molecule has 0 aromatic heterocycles. The van der Waals surface area contributed by atoms with Crippen LogP contribution in [0.25, 0.3) is 0 Å². The Kier molecular flexibility index (Phi) is 5.73. The second kappa shape index (κ2) is 7.07. The molecule has 0 aliphatic heterocycles. The molecule has 0 N–H and O–H groups in total. The molecule has 0 heterocycles. The van der Waals surface area contributed by atoms with Gasteiger partial charge in [-0.05, 0) is 32.9 Å². The van der Waals surface area contributed by atoms with Crippen LogP contribution in [-0.2, 0) is 9.53 Å². The van der Waals surface area contributed by atoms with Crippen LogP contribution in [0.2, 0.25) is 0 Å². The molecule has 112 valence electrons. The van der Waals surface area contributed by atoms with E-state index in [1.54, 1.807) is 12.1 Å². The number of anilines is 1. The smallest absolute Gasteiger partial charge is 0.459 e. The fraction of sp³-hybridized carbons (Fsp3) is 0.500. The normalized spacial score (nSPS) is 11.1. The van der Waals surface area contributed by atoms with Crippen molar-refractivity contribution in [3.63, 3.8) is 0 Å². The highest BCUT2D eigenvalue weighted by Crippen LogP contribution is 2.26. The van der Waals surface area contributed by atoms with Crippen molar-refractivity contribution < 1.29 is 23.0 Å². The van der Waals surface area contributed by atoms with Crippen molar-refractivity contribution in [3.05, 3.63) is 24.3 Å². The van der Waals surface area contributed by atoms with Gasteiger partial charge in [0.05, 0.1) is 6.61 Å². The van der Waals surface area contributed by atoms with Crippen molar-refractivity contribution in [2.75, 3.05) is 24.6 Å². The lowest BCUT2D eigenvalue weighted by atomic mass is 10.2. The Hall–Kier alpha value is -1.85. The Labute approximate surface area is 117 Å². The molecular formula is C14H19F2NO3. The third-order valence-corrected chi connectivity index (χ3v) is 2.71. The fourth-order valence-electron chi connectivity index (χ4n) is 1.74. The minimum absolute atomic E-state index is 0.0764. The first kappa shape index (κ1) is 16.2. The van der Waals surface area contributed by atoms with E-state index in [4.69, 9.17) is 0 Å². The highest BCUT2D eigenvalue weighted by molar-refractivity contribution is 5.76. The summed E-state index contributed by atoms with van der Waals surface area (Å²) in [6.07, 6.45) is -3.99. The summed E-state index contributed by atoms with van der Waals surface area (Å²) in [6, 6.07) is 6.24. The van der Waals surface area contributed by atoms with E-state index in [1.807, 2.05) is 18.7 Å². The molecule has 0 aliphatic rings. The molecule has 0 radical (unpaired) electrons. The molecule has 4 nitrogen and oxygen atoms in total. The predicted octanol–water partition coefficient (Wildman–Crippen LogP) is 3.07. The Bertz CT molecular complexity index is 448. The van der Waals surface area contributed by atoms with Crippen molar-refractivity contribution in [3.8, 4) is 5.75 Å². The van der Waals surface area contributed by atoms with Crippen molar-refractivity contribution >= 4 is 11.7 Å². The van der Waals surface area contributed by atoms with Crippen LogP contribution in [-0.4, -0.2) is 31.8 Å². The zero-order valence-electron chi connectivity index (χ0n) is 11.9. The van der Waals surface area contributed by atoms with Gasteiger partial charge in [0.2, 0.25) is 0 Å². The van der Waals surface area contributed by atoms with E-state index in [9.17, 15) is 13.6 Å². The maximum absolute atomic E-state index is 13.5. The minimum atomic E-state index is -3.99. The van der Waals surface area contributed by atoms with E-state index < -0.39 is 12.1 Å². The molecule has 0 fully saturated rings. The lowest BCUT2D eigenvalue weighted by Gasteiger charge is -2.22. The number of rotatable bonds is 7. The summed E-state index contributed by atoms with van der Waals surface area (Å²) in [5.74, 6) is -1.76. The lowest BCUT2D eigenvalue weighted by molar-refractivity contribution is -0.216. The third kappa shape index (κ3) is 4.08. The molecular weight excluding hydrogens is 268 g/mol. The van der Waals surface area contributed by atoms with Crippen molar-refractivity contribution in [1.82, 2.24) is 0 Å². The fourth-order valence-corrected chi connectivity index (χ4v) is 1.74. The summed E-state index contributed by atoms with van der Waals surface area (Å²) in [5, 5.41) is 0. The van der Waals surface area contributed by atoms with Gasteiger partial charge in [0.25, 0.3) is 0 Å². The molecule has 1 rings (SSSR count). The summed E-state index contributed by atoms with van der Waals surface area (Å²) < 4.78 is 35.7. The topological polar surface area (TPSA) is 38.8 Å². The SMILES string of the molecule is CCOC(=O)C(F)(F)Oc1cccc(N(CC)CC)c1. The molecule has 1 aromatic rings. The van der Waals surface area contributed by atoms with Gasteiger partial charge in [-0.15, -0.1) is 0 Å². The van der Waals surface area contributed by atoms with Crippen molar-refractivity contribution in [2.24, 2.45) is 0 Å². The molecule has 0 spiro atoms. The maximum Gasteiger partial charge on any atom is 0.502 e. The van der Waals surface area contributed by atoms with Gasteiger partial charge in [0, 0.05) is 24.8 Å². The number of alkyl halides is 2. The van der Waals surface area contributed by atoms with Crippen LogP contribution >= 0.6 is 0 Å². The molecule has 1 aromatic carbocycles. The largest absolute Gasteiger partial charge is 0.502 e. The highest BCUT2D eigenvalue weighted by Gasteiger charge is 2.44. The van der Waals surface area contributed by atoms with Gasteiger partial charge in [-0.1, -0.05) is 6.07 Å². The predicted molar refractivity (Wildman–Crippen MR) is 72.2 cm³/mol. The number of halogens is 2. The van der Waals surface area contributed by atoms with Crippen LogP contribution in [0.4, 0.5) is 14.5 Å². The number of ether oxygens (including phenoxy) is 2. The summed E-state index contributed by atoms with van der Waals surface area (Å²) in [7, 11) is 0. The zero-order valence-corrected chi connectivity index (χ0v) is 11.9. The summed E-state index contributed by atoms with van der Waals surface area (Å²) in [5.41, 5.74) is 0.757. The second-order valence-electron chi connectivity index (χ2n) is 4.01. The zero-order chi connectivity index (χ0) is 15.2. The van der Waals surface area contributed by atoms with E-state index in [2.05, 4.69) is 9.47 Å². The number of nitrogens with zero attached hydrogens (tertiary/aromatic N) is 1. The first-order valence-electron chi connectivity index (χ1n) is 6.53. The van der Waals surface area contributed by atoms with Crippen LogP contribution < -0.4 is 9.64 Å². The average Bonchev–Trinajstić information content (AvgIpc) is 2.40. The summed E-state index contributed by atoms with van der Waals surface area (Å²) in [6.45, 7) is 6.74. The number of carbonyl (C=O) groups is 1. The van der Waals surface area contributed by atoms with E-state index in [0.717, 1.165) is 18.8 Å². The second-order valence-corrected chi connectivity index (χ2v) is 4.01. The van der Waals surface area contributed by atoms with Crippen LogP contribution in [0.15, 0.2) is 24.3 Å². The van der Waals surface area contributed by atoms with Gasteiger partial charge in [-0.25, -0.2) is 4.79 Å². The highest BCUT2D eigenvalue weighted by atomic mass is 19.3. The summed E-state index contributed by atoms with van der Waals surface area (Å²) >= 11 is 0. The van der Waals surface area contributed by atoms with Crippen LogP contribution in [0.5, 0.6) is 5.75 Å². The number of hydrogen-bond acceptors (Lipinski definition) is 4. The van der Waals surface area contributed by atoms with Gasteiger partial charge in [-0.3, -0.25) is 0 Å². The Morgan fingerprint density at radius 1 is 1.25 bits per heavy atom. The van der Waals surface area contributed by atoms with Crippen LogP contribution in [0.3, 0.4) is 0 Å². The lowest BCUT2D eigenvalue weighted by Crippen LogP contribution is -2.36. The molecule has 0 aliphatic carbocycles. The van der Waals surface area contributed by atoms with Gasteiger partial charge in [0.1, 0.15) is 5.75 Å². The van der Waals surface area contributed by atoms with Crippen molar-refractivity contribution in [1.29, 1.82) is 0 Å². The quantitative estimate of drug-likeness (QED) is 0.722. The number of esters is 1. The van der Waals surface area contributed by atoms with Gasteiger partial charge in [-0.2, -0.15) is 8.78 Å². The molecule has 0 amide bonds. The molecule has 0 bridgehead atoms. The van der Waals surface area contributed by atoms with E-state index >= 15 is 0 Å². The number of hydrogen-bond donors (Lipinski definition) is 0. The monoisotopic (exact) mass is 287 g/mol. The Balaban J connectivity index is 2.87. The molecule has 0 saturated carbocycles. The van der Waals surface area contributed by atoms with Gasteiger partial charge in [0.15, 0.2) is 0 Å². The number of carbonyl (C=O) groups excluding carboxylic acids is 1. The minimum Gasteiger partial charge on any atom is -0.459 e. The number of benzene rings is 1. The Morgan fingerprint density at radius 3 is 2.45 bits per heavy atom. The van der Waals surface area contributed by atoms with E-state index in [1.165, 1.54) is 19.1 Å². The first-order valence-corrected chi connectivity index (χ1v) is 6.53. The standard InChI is InChI=1S/C14H19F2NO3/c1-4-17(5-2)11-8-7-9-12(10-11)20-14(15,16)13(18)19-6-3/h7-10H,4-6H2,1-3H3. The molecule has 20 heavy (non-hydrogen) atoms. The first-order chi connectivity index (χ1) is 9.44. The van der Waals surface area contributed by atoms with Gasteiger partial charge >= 0.3 is 12.1 Å². The molecule has 6 heteroatoms. The average molecular weight is 287 g/mol. The summed E-state index contributed by atoms with van der Waals surface area (Å²) in [4.78, 5) is 13.1. The van der Waals surface area contributed by atoms with E-state index in [-0.39, 0.29) is 12.4 Å². The van der Waals surface area contributed by atoms with E-state index in [0.29, 0.717) is 0 Å². The van der Waals surface area contributed by atoms with Crippen LogP contribution in [0, 0.1) is 0 Å². The molecule has 0 unspecified atom stereocenters. The van der Waals surface area contributed by atoms with Crippen molar-refractivity contribution in [2.45, 2.75) is 26.9 Å². The van der Waals surface area contributed by atoms with Crippen LogP contribution in [0.1, 0.15) is 20.8 Å². The molecule has 0 atom stereocenters.